The number of rotatable bonds is 1. The van der Waals surface area contributed by atoms with Gasteiger partial charge in [0, 0.05) is 6.54 Å². The maximum atomic E-state index is 5.56. The highest BCUT2D eigenvalue weighted by molar-refractivity contribution is 7.08. The van der Waals surface area contributed by atoms with Crippen molar-refractivity contribution in [1.82, 2.24) is 0 Å². The minimum atomic E-state index is 0.157. The highest BCUT2D eigenvalue weighted by Gasteiger charge is 2.19. The molecule has 0 aliphatic carbocycles. The monoisotopic (exact) mass is 169 g/mol. The van der Waals surface area contributed by atoms with Crippen LogP contribution in [0.4, 0.5) is 0 Å². The van der Waals surface area contributed by atoms with Gasteiger partial charge >= 0.3 is 0 Å². The highest BCUT2D eigenvalue weighted by Crippen LogP contribution is 2.28. The van der Waals surface area contributed by atoms with Crippen LogP contribution in [0.1, 0.15) is 17.2 Å². The first-order valence-corrected chi connectivity index (χ1v) is 4.72. The molecule has 1 aromatic heterocycles. The van der Waals surface area contributed by atoms with Crippen LogP contribution in [-0.2, 0) is 11.2 Å². The molecule has 0 saturated heterocycles. The van der Waals surface area contributed by atoms with Crippen molar-refractivity contribution in [1.29, 1.82) is 0 Å². The molecule has 2 N–H and O–H groups in total. The molecule has 0 fully saturated rings. The van der Waals surface area contributed by atoms with Crippen molar-refractivity contribution in [2.45, 2.75) is 12.5 Å². The molecule has 0 aromatic carbocycles. The van der Waals surface area contributed by atoms with Crippen molar-refractivity contribution in [3.05, 3.63) is 21.9 Å². The number of nitrogens with two attached hydrogens (primary N) is 1. The molecular formula is C8H11NOS. The zero-order valence-electron chi connectivity index (χ0n) is 6.25. The van der Waals surface area contributed by atoms with Gasteiger partial charge in [-0.1, -0.05) is 0 Å². The Hall–Kier alpha value is -0.380. The van der Waals surface area contributed by atoms with Gasteiger partial charge in [-0.25, -0.2) is 0 Å². The third-order valence-electron chi connectivity index (χ3n) is 2.03. The summed E-state index contributed by atoms with van der Waals surface area (Å²) < 4.78 is 5.49. The summed E-state index contributed by atoms with van der Waals surface area (Å²) in [6, 6.07) is 0. The SMILES string of the molecule is NC[C@@H]1OCCc2cscc21. The van der Waals surface area contributed by atoms with E-state index in [1.54, 1.807) is 11.3 Å². The molecule has 0 saturated carbocycles. The maximum absolute atomic E-state index is 5.56. The molecule has 3 heteroatoms. The van der Waals surface area contributed by atoms with E-state index in [2.05, 4.69) is 10.8 Å². The van der Waals surface area contributed by atoms with Gasteiger partial charge < -0.3 is 10.5 Å². The maximum Gasteiger partial charge on any atom is 0.0957 e. The van der Waals surface area contributed by atoms with Crippen LogP contribution in [0.15, 0.2) is 10.8 Å². The number of ether oxygens (including phenoxy) is 1. The average Bonchev–Trinajstić information content (AvgIpc) is 2.50. The number of fused-ring (bicyclic) bond motifs is 1. The molecule has 2 nitrogen and oxygen atoms in total. The van der Waals surface area contributed by atoms with E-state index in [1.807, 2.05) is 0 Å². The predicted molar refractivity (Wildman–Crippen MR) is 45.8 cm³/mol. The van der Waals surface area contributed by atoms with E-state index in [-0.39, 0.29) is 6.10 Å². The van der Waals surface area contributed by atoms with Gasteiger partial charge in [-0.05, 0) is 28.3 Å². The van der Waals surface area contributed by atoms with E-state index < -0.39 is 0 Å². The molecule has 1 aromatic rings. The lowest BCUT2D eigenvalue weighted by Crippen LogP contribution is -2.21. The Labute approximate surface area is 70.0 Å². The second kappa shape index (κ2) is 2.93. The van der Waals surface area contributed by atoms with E-state index in [9.17, 15) is 0 Å². The molecule has 0 unspecified atom stereocenters. The summed E-state index contributed by atoms with van der Waals surface area (Å²) in [6.45, 7) is 1.43. The van der Waals surface area contributed by atoms with Gasteiger partial charge in [0.05, 0.1) is 12.7 Å². The molecule has 60 valence electrons. The smallest absolute Gasteiger partial charge is 0.0957 e. The van der Waals surface area contributed by atoms with Crippen LogP contribution < -0.4 is 5.73 Å². The van der Waals surface area contributed by atoms with E-state index in [0.29, 0.717) is 6.54 Å². The third-order valence-corrected chi connectivity index (χ3v) is 2.84. The summed E-state index contributed by atoms with van der Waals surface area (Å²) in [5.74, 6) is 0. The first-order valence-electron chi connectivity index (χ1n) is 3.78. The fourth-order valence-corrected chi connectivity index (χ4v) is 2.35. The van der Waals surface area contributed by atoms with Crippen molar-refractivity contribution < 1.29 is 4.74 Å². The molecule has 2 rings (SSSR count). The van der Waals surface area contributed by atoms with Gasteiger partial charge in [-0.15, -0.1) is 0 Å². The summed E-state index contributed by atoms with van der Waals surface area (Å²) in [5.41, 5.74) is 8.29. The molecular weight excluding hydrogens is 158 g/mol. The van der Waals surface area contributed by atoms with E-state index in [0.717, 1.165) is 13.0 Å². The Bertz CT molecular complexity index is 246. The number of thiophene rings is 1. The van der Waals surface area contributed by atoms with Crippen LogP contribution in [0.3, 0.4) is 0 Å². The molecule has 2 heterocycles. The topological polar surface area (TPSA) is 35.2 Å². The highest BCUT2D eigenvalue weighted by atomic mass is 32.1. The Morgan fingerprint density at radius 2 is 2.55 bits per heavy atom. The zero-order valence-corrected chi connectivity index (χ0v) is 7.06. The Morgan fingerprint density at radius 1 is 1.64 bits per heavy atom. The second-order valence-corrected chi connectivity index (χ2v) is 3.44. The lowest BCUT2D eigenvalue weighted by Gasteiger charge is -2.21. The third kappa shape index (κ3) is 1.20. The molecule has 0 bridgehead atoms. The second-order valence-electron chi connectivity index (χ2n) is 2.70. The summed E-state index contributed by atoms with van der Waals surface area (Å²) in [4.78, 5) is 0. The molecule has 0 spiro atoms. The first-order chi connectivity index (χ1) is 5.42. The molecule has 1 atom stereocenters. The average molecular weight is 169 g/mol. The van der Waals surface area contributed by atoms with Crippen LogP contribution in [0, 0.1) is 0 Å². The lowest BCUT2D eigenvalue weighted by atomic mass is 10.0. The van der Waals surface area contributed by atoms with Crippen molar-refractivity contribution in [2.24, 2.45) is 5.73 Å². The number of hydrogen-bond donors (Lipinski definition) is 1. The molecule has 1 aliphatic rings. The Kier molecular flexibility index (Phi) is 1.94. The van der Waals surface area contributed by atoms with Crippen LogP contribution in [0.25, 0.3) is 0 Å². The first kappa shape index (κ1) is 7.28. The molecule has 0 radical (unpaired) electrons. The largest absolute Gasteiger partial charge is 0.372 e. The summed E-state index contributed by atoms with van der Waals surface area (Å²) in [6.07, 6.45) is 1.21. The summed E-state index contributed by atoms with van der Waals surface area (Å²) in [7, 11) is 0. The van der Waals surface area contributed by atoms with Gasteiger partial charge in [0.25, 0.3) is 0 Å². The zero-order chi connectivity index (χ0) is 7.68. The van der Waals surface area contributed by atoms with Crippen molar-refractivity contribution in [2.75, 3.05) is 13.2 Å². The fraction of sp³-hybridized carbons (Fsp3) is 0.500. The van der Waals surface area contributed by atoms with Crippen LogP contribution in [0.2, 0.25) is 0 Å². The minimum Gasteiger partial charge on any atom is -0.372 e. The predicted octanol–water partition coefficient (Wildman–Crippen LogP) is 1.32. The van der Waals surface area contributed by atoms with Crippen LogP contribution in [-0.4, -0.2) is 13.2 Å². The van der Waals surface area contributed by atoms with E-state index in [4.69, 9.17) is 10.5 Å². The van der Waals surface area contributed by atoms with Crippen LogP contribution >= 0.6 is 11.3 Å². The van der Waals surface area contributed by atoms with Gasteiger partial charge in [-0.2, -0.15) is 11.3 Å². The van der Waals surface area contributed by atoms with Crippen molar-refractivity contribution in [3.8, 4) is 0 Å². The Balaban J connectivity index is 2.32. The summed E-state index contributed by atoms with van der Waals surface area (Å²) >= 11 is 1.74. The standard InChI is InChI=1S/C8H11NOS/c9-3-8-7-5-11-4-6(7)1-2-10-8/h4-5,8H,1-3,9H2/t8-/m0/s1. The van der Waals surface area contributed by atoms with Gasteiger partial charge in [-0.3, -0.25) is 0 Å². The van der Waals surface area contributed by atoms with Gasteiger partial charge in [0.1, 0.15) is 0 Å². The molecule has 11 heavy (non-hydrogen) atoms. The molecule has 0 amide bonds. The van der Waals surface area contributed by atoms with Crippen molar-refractivity contribution in [3.63, 3.8) is 0 Å². The fourth-order valence-electron chi connectivity index (χ4n) is 1.42. The van der Waals surface area contributed by atoms with E-state index in [1.165, 1.54) is 11.1 Å². The quantitative estimate of drug-likeness (QED) is 0.688. The van der Waals surface area contributed by atoms with Gasteiger partial charge in [0.2, 0.25) is 0 Å². The normalized spacial score (nSPS) is 23.2. The summed E-state index contributed by atoms with van der Waals surface area (Å²) in [5, 5.41) is 4.34. The number of hydrogen-bond acceptors (Lipinski definition) is 3. The van der Waals surface area contributed by atoms with Crippen LogP contribution in [0.5, 0.6) is 0 Å². The minimum absolute atomic E-state index is 0.157. The van der Waals surface area contributed by atoms with E-state index >= 15 is 0 Å². The van der Waals surface area contributed by atoms with Crippen molar-refractivity contribution >= 4 is 11.3 Å². The molecule has 1 aliphatic heterocycles. The lowest BCUT2D eigenvalue weighted by molar-refractivity contribution is 0.0491. The Morgan fingerprint density at radius 3 is 3.36 bits per heavy atom. The van der Waals surface area contributed by atoms with Gasteiger partial charge in [0.15, 0.2) is 0 Å².